The highest BCUT2D eigenvalue weighted by atomic mass is 32.2. The monoisotopic (exact) mass is 312 g/mol. The van der Waals surface area contributed by atoms with Crippen molar-refractivity contribution in [2.45, 2.75) is 12.8 Å². The van der Waals surface area contributed by atoms with Crippen molar-refractivity contribution in [2.24, 2.45) is 10.4 Å². The molecule has 120 valence electrons. The fraction of sp³-hybridized carbons (Fsp3) is 0.933. The molecule has 0 amide bonds. The van der Waals surface area contributed by atoms with Crippen molar-refractivity contribution in [1.82, 2.24) is 15.1 Å². The number of guanidine groups is 1. The summed E-state index contributed by atoms with van der Waals surface area (Å²) in [5.74, 6) is 3.64. The molecule has 0 bridgehead atoms. The van der Waals surface area contributed by atoms with Crippen molar-refractivity contribution in [2.75, 3.05) is 71.0 Å². The molecule has 21 heavy (non-hydrogen) atoms. The summed E-state index contributed by atoms with van der Waals surface area (Å²) in [6.07, 6.45) is 2.46. The molecule has 5 nitrogen and oxygen atoms in total. The summed E-state index contributed by atoms with van der Waals surface area (Å²) in [6, 6.07) is 0. The van der Waals surface area contributed by atoms with Crippen molar-refractivity contribution >= 4 is 17.7 Å². The minimum Gasteiger partial charge on any atom is -0.381 e. The number of ether oxygens (including phenoxy) is 1. The predicted octanol–water partition coefficient (Wildman–Crippen LogP) is 0.723. The van der Waals surface area contributed by atoms with Crippen LogP contribution in [0.2, 0.25) is 0 Å². The lowest BCUT2D eigenvalue weighted by molar-refractivity contribution is 0.156. The molecule has 3 fully saturated rings. The van der Waals surface area contributed by atoms with E-state index >= 15 is 0 Å². The summed E-state index contributed by atoms with van der Waals surface area (Å²) in [7, 11) is 1.90. The van der Waals surface area contributed by atoms with Gasteiger partial charge < -0.3 is 15.0 Å². The van der Waals surface area contributed by atoms with Crippen molar-refractivity contribution in [3.05, 3.63) is 0 Å². The Bertz CT molecular complexity index is 365. The Labute approximate surface area is 132 Å². The molecule has 1 unspecified atom stereocenters. The maximum Gasteiger partial charge on any atom is 0.193 e. The van der Waals surface area contributed by atoms with E-state index in [-0.39, 0.29) is 0 Å². The zero-order valence-electron chi connectivity index (χ0n) is 13.1. The summed E-state index contributed by atoms with van der Waals surface area (Å²) < 4.78 is 5.61. The van der Waals surface area contributed by atoms with Gasteiger partial charge in [-0.1, -0.05) is 0 Å². The molecule has 0 aromatic carbocycles. The molecule has 1 spiro atoms. The van der Waals surface area contributed by atoms with Gasteiger partial charge in [0, 0.05) is 69.8 Å². The van der Waals surface area contributed by atoms with Crippen LogP contribution in [0.4, 0.5) is 0 Å². The van der Waals surface area contributed by atoms with Crippen molar-refractivity contribution < 1.29 is 4.74 Å². The summed E-state index contributed by atoms with van der Waals surface area (Å²) in [5.41, 5.74) is 0.404. The van der Waals surface area contributed by atoms with Gasteiger partial charge in [-0.05, 0) is 12.8 Å². The molecule has 3 aliphatic heterocycles. The molecular weight excluding hydrogens is 284 g/mol. The largest absolute Gasteiger partial charge is 0.381 e. The Hall–Kier alpha value is -0.460. The van der Waals surface area contributed by atoms with Crippen molar-refractivity contribution in [1.29, 1.82) is 0 Å². The fourth-order valence-corrected chi connectivity index (χ4v) is 4.55. The van der Waals surface area contributed by atoms with E-state index in [2.05, 4.69) is 31.9 Å². The van der Waals surface area contributed by atoms with Gasteiger partial charge in [0.05, 0.1) is 6.61 Å². The first-order valence-corrected chi connectivity index (χ1v) is 9.30. The minimum absolute atomic E-state index is 0.404. The van der Waals surface area contributed by atoms with Gasteiger partial charge in [0.15, 0.2) is 5.96 Å². The van der Waals surface area contributed by atoms with Crippen molar-refractivity contribution in [3.8, 4) is 0 Å². The van der Waals surface area contributed by atoms with Gasteiger partial charge in [-0.2, -0.15) is 11.8 Å². The molecular formula is C15H28N4OS. The molecule has 3 aliphatic rings. The van der Waals surface area contributed by atoms with E-state index in [1.165, 1.54) is 37.4 Å². The first-order chi connectivity index (χ1) is 10.3. The molecule has 3 rings (SSSR count). The Morgan fingerprint density at radius 1 is 1.29 bits per heavy atom. The lowest BCUT2D eigenvalue weighted by Gasteiger charge is -2.28. The highest BCUT2D eigenvalue weighted by Crippen LogP contribution is 2.38. The normalized spacial score (nSPS) is 31.3. The first-order valence-electron chi connectivity index (χ1n) is 8.15. The van der Waals surface area contributed by atoms with Gasteiger partial charge in [0.1, 0.15) is 0 Å². The Balaban J connectivity index is 1.43. The van der Waals surface area contributed by atoms with Gasteiger partial charge in [0.2, 0.25) is 0 Å². The van der Waals surface area contributed by atoms with Gasteiger partial charge >= 0.3 is 0 Å². The zero-order valence-corrected chi connectivity index (χ0v) is 14.0. The predicted molar refractivity (Wildman–Crippen MR) is 89.2 cm³/mol. The molecule has 1 atom stereocenters. The molecule has 0 aromatic rings. The summed E-state index contributed by atoms with van der Waals surface area (Å²) in [5, 5.41) is 3.55. The maximum absolute atomic E-state index is 5.61. The number of nitrogens with one attached hydrogen (secondary N) is 1. The average Bonchev–Trinajstić information content (AvgIpc) is 3.15. The summed E-state index contributed by atoms with van der Waals surface area (Å²) in [4.78, 5) is 9.44. The van der Waals surface area contributed by atoms with Crippen LogP contribution in [0.15, 0.2) is 4.99 Å². The van der Waals surface area contributed by atoms with Crippen LogP contribution in [0, 0.1) is 5.41 Å². The number of hydrogen-bond donors (Lipinski definition) is 1. The van der Waals surface area contributed by atoms with E-state index in [9.17, 15) is 0 Å². The molecule has 0 radical (unpaired) electrons. The number of hydrogen-bond acceptors (Lipinski definition) is 4. The highest BCUT2D eigenvalue weighted by molar-refractivity contribution is 7.99. The van der Waals surface area contributed by atoms with Gasteiger partial charge in [-0.15, -0.1) is 0 Å². The van der Waals surface area contributed by atoms with Crippen LogP contribution in [0.3, 0.4) is 0 Å². The van der Waals surface area contributed by atoms with Crippen LogP contribution < -0.4 is 5.32 Å². The van der Waals surface area contributed by atoms with E-state index in [0.717, 1.165) is 45.4 Å². The number of rotatable bonds is 3. The van der Waals surface area contributed by atoms with Crippen LogP contribution in [0.1, 0.15) is 12.8 Å². The minimum atomic E-state index is 0.404. The SMILES string of the molecule is CN=C(NCCN1CCSCC1)N1CCC2(CCOC2)C1. The number of nitrogens with zero attached hydrogens (tertiary/aromatic N) is 3. The number of likely N-dealkylation sites (tertiary alicyclic amines) is 1. The first kappa shape index (κ1) is 15.4. The van der Waals surface area contributed by atoms with E-state index in [1.807, 2.05) is 7.05 Å². The van der Waals surface area contributed by atoms with Gasteiger partial charge in [-0.3, -0.25) is 9.89 Å². The molecule has 1 N–H and O–H groups in total. The zero-order chi connectivity index (χ0) is 14.5. The van der Waals surface area contributed by atoms with Crippen LogP contribution >= 0.6 is 11.8 Å². The molecule has 3 saturated heterocycles. The molecule has 3 heterocycles. The Morgan fingerprint density at radius 3 is 2.86 bits per heavy atom. The lowest BCUT2D eigenvalue weighted by atomic mass is 9.87. The highest BCUT2D eigenvalue weighted by Gasteiger charge is 2.42. The quantitative estimate of drug-likeness (QED) is 0.614. The van der Waals surface area contributed by atoms with E-state index < -0.39 is 0 Å². The fourth-order valence-electron chi connectivity index (χ4n) is 3.57. The Morgan fingerprint density at radius 2 is 2.14 bits per heavy atom. The third-order valence-corrected chi connectivity index (χ3v) is 5.89. The van der Waals surface area contributed by atoms with Crippen LogP contribution in [0.5, 0.6) is 0 Å². The summed E-state index contributed by atoms with van der Waals surface area (Å²) >= 11 is 2.07. The molecule has 0 saturated carbocycles. The second kappa shape index (κ2) is 7.20. The van der Waals surface area contributed by atoms with E-state index in [1.54, 1.807) is 0 Å². The van der Waals surface area contributed by atoms with E-state index in [0.29, 0.717) is 5.41 Å². The lowest BCUT2D eigenvalue weighted by Crippen LogP contribution is -2.45. The second-order valence-corrected chi connectivity index (χ2v) is 7.63. The molecule has 0 aromatic heterocycles. The molecule has 6 heteroatoms. The number of thioether (sulfide) groups is 1. The molecule has 0 aliphatic carbocycles. The maximum atomic E-state index is 5.61. The third kappa shape index (κ3) is 3.85. The average molecular weight is 312 g/mol. The Kier molecular flexibility index (Phi) is 5.29. The summed E-state index contributed by atoms with van der Waals surface area (Å²) in [6.45, 7) is 8.68. The van der Waals surface area contributed by atoms with Crippen LogP contribution in [0.25, 0.3) is 0 Å². The number of aliphatic imine (C=N–C) groups is 1. The van der Waals surface area contributed by atoms with Crippen molar-refractivity contribution in [3.63, 3.8) is 0 Å². The smallest absolute Gasteiger partial charge is 0.193 e. The van der Waals surface area contributed by atoms with Crippen LogP contribution in [-0.2, 0) is 4.74 Å². The van der Waals surface area contributed by atoms with Crippen LogP contribution in [-0.4, -0.2) is 86.8 Å². The van der Waals surface area contributed by atoms with Gasteiger partial charge in [0.25, 0.3) is 0 Å². The topological polar surface area (TPSA) is 40.1 Å². The second-order valence-electron chi connectivity index (χ2n) is 6.40. The third-order valence-electron chi connectivity index (χ3n) is 4.95. The van der Waals surface area contributed by atoms with E-state index in [4.69, 9.17) is 4.74 Å². The standard InChI is InChI=1S/C15H28N4OS/c1-16-14(17-4-6-18-7-10-21-11-8-18)19-5-2-15(12-19)3-9-20-13-15/h2-13H2,1H3,(H,16,17). The van der Waals surface area contributed by atoms with Gasteiger partial charge in [-0.25, -0.2) is 0 Å².